The molecular formula is C11H6F3IN2O2. The summed E-state index contributed by atoms with van der Waals surface area (Å²) in [6.45, 7) is 0. The number of nitrogens with zero attached hydrogens (tertiary/aromatic N) is 1. The minimum Gasteiger partial charge on any atom is -0.492 e. The van der Waals surface area contributed by atoms with Gasteiger partial charge in [0.1, 0.15) is 9.39 Å². The van der Waals surface area contributed by atoms with E-state index in [1.807, 2.05) is 0 Å². The molecule has 8 heteroatoms. The summed E-state index contributed by atoms with van der Waals surface area (Å²) in [6, 6.07) is 4.67. The first-order chi connectivity index (χ1) is 8.80. The molecule has 0 radical (unpaired) electrons. The van der Waals surface area contributed by atoms with Crippen LogP contribution in [0.2, 0.25) is 0 Å². The minimum absolute atomic E-state index is 0.0779. The number of halogens is 4. The SMILES string of the molecule is O=c1[nH]c(-c2ccccc2C(F)(F)F)nc(O)c1I. The fourth-order valence-electron chi connectivity index (χ4n) is 1.51. The topological polar surface area (TPSA) is 66.0 Å². The summed E-state index contributed by atoms with van der Waals surface area (Å²) in [5, 5.41) is 9.42. The Morgan fingerprint density at radius 3 is 2.47 bits per heavy atom. The van der Waals surface area contributed by atoms with E-state index in [1.54, 1.807) is 22.6 Å². The molecule has 0 spiro atoms. The number of hydrogen-bond donors (Lipinski definition) is 2. The first-order valence-corrected chi connectivity index (χ1v) is 6.04. The Bertz CT molecular complexity index is 682. The molecule has 1 heterocycles. The van der Waals surface area contributed by atoms with Gasteiger partial charge in [-0.1, -0.05) is 18.2 Å². The summed E-state index contributed by atoms with van der Waals surface area (Å²) >= 11 is 1.55. The van der Waals surface area contributed by atoms with Gasteiger partial charge in [-0.3, -0.25) is 4.79 Å². The van der Waals surface area contributed by atoms with E-state index in [0.717, 1.165) is 6.07 Å². The van der Waals surface area contributed by atoms with Gasteiger partial charge < -0.3 is 10.1 Å². The Morgan fingerprint density at radius 2 is 1.89 bits per heavy atom. The van der Waals surface area contributed by atoms with Gasteiger partial charge in [0, 0.05) is 5.56 Å². The lowest BCUT2D eigenvalue weighted by Gasteiger charge is -2.12. The second-order valence-electron chi connectivity index (χ2n) is 3.60. The van der Waals surface area contributed by atoms with E-state index in [4.69, 9.17) is 0 Å². The monoisotopic (exact) mass is 382 g/mol. The lowest BCUT2D eigenvalue weighted by Crippen LogP contribution is -2.14. The molecule has 2 aromatic rings. The van der Waals surface area contributed by atoms with E-state index in [2.05, 4.69) is 9.97 Å². The third-order valence-corrected chi connectivity index (χ3v) is 3.31. The van der Waals surface area contributed by atoms with Gasteiger partial charge in [0.25, 0.3) is 5.56 Å². The lowest BCUT2D eigenvalue weighted by molar-refractivity contribution is -0.137. The van der Waals surface area contributed by atoms with Gasteiger partial charge in [-0.25, -0.2) is 0 Å². The fourth-order valence-corrected chi connectivity index (χ4v) is 1.77. The van der Waals surface area contributed by atoms with E-state index in [0.29, 0.717) is 0 Å². The smallest absolute Gasteiger partial charge is 0.417 e. The van der Waals surface area contributed by atoms with Crippen molar-refractivity contribution in [2.45, 2.75) is 6.18 Å². The highest BCUT2D eigenvalue weighted by Crippen LogP contribution is 2.35. The zero-order valence-electron chi connectivity index (χ0n) is 9.12. The van der Waals surface area contributed by atoms with Gasteiger partial charge in [0.05, 0.1) is 5.56 Å². The number of benzene rings is 1. The molecule has 0 amide bonds. The Balaban J connectivity index is 2.70. The van der Waals surface area contributed by atoms with Crippen LogP contribution in [-0.2, 0) is 6.18 Å². The van der Waals surface area contributed by atoms with Crippen LogP contribution in [-0.4, -0.2) is 15.1 Å². The molecule has 0 aliphatic rings. The molecule has 100 valence electrons. The van der Waals surface area contributed by atoms with Gasteiger partial charge >= 0.3 is 6.18 Å². The number of alkyl halides is 3. The summed E-state index contributed by atoms with van der Waals surface area (Å²) < 4.78 is 38.4. The van der Waals surface area contributed by atoms with Gasteiger partial charge in [0.15, 0.2) is 0 Å². The second kappa shape index (κ2) is 4.83. The molecule has 0 saturated carbocycles. The highest BCUT2D eigenvalue weighted by Gasteiger charge is 2.34. The first kappa shape index (κ1) is 13.8. The van der Waals surface area contributed by atoms with Gasteiger partial charge in [-0.2, -0.15) is 18.2 Å². The number of nitrogens with one attached hydrogen (secondary N) is 1. The van der Waals surface area contributed by atoms with Crippen molar-refractivity contribution in [3.05, 3.63) is 43.8 Å². The van der Waals surface area contributed by atoms with Crippen molar-refractivity contribution < 1.29 is 18.3 Å². The first-order valence-electron chi connectivity index (χ1n) is 4.96. The molecule has 0 saturated heterocycles. The van der Waals surface area contributed by atoms with Crippen molar-refractivity contribution in [3.63, 3.8) is 0 Å². The molecule has 0 unspecified atom stereocenters. The zero-order chi connectivity index (χ0) is 14.2. The van der Waals surface area contributed by atoms with Crippen LogP contribution in [0.25, 0.3) is 11.4 Å². The van der Waals surface area contributed by atoms with Crippen molar-refractivity contribution in [2.24, 2.45) is 0 Å². The average Bonchev–Trinajstić information content (AvgIpc) is 2.34. The predicted molar refractivity (Wildman–Crippen MR) is 69.7 cm³/mol. The van der Waals surface area contributed by atoms with Crippen molar-refractivity contribution in [2.75, 3.05) is 0 Å². The van der Waals surface area contributed by atoms with E-state index >= 15 is 0 Å². The van der Waals surface area contributed by atoms with Crippen LogP contribution in [0.15, 0.2) is 29.1 Å². The van der Waals surface area contributed by atoms with Crippen molar-refractivity contribution >= 4 is 22.6 Å². The summed E-state index contributed by atoms with van der Waals surface area (Å²) in [7, 11) is 0. The maximum absolute atomic E-state index is 12.8. The largest absolute Gasteiger partial charge is 0.492 e. The van der Waals surface area contributed by atoms with Crippen LogP contribution >= 0.6 is 22.6 Å². The molecule has 19 heavy (non-hydrogen) atoms. The number of aromatic amines is 1. The van der Waals surface area contributed by atoms with Crippen LogP contribution < -0.4 is 5.56 Å². The molecule has 1 aromatic carbocycles. The molecule has 0 fully saturated rings. The van der Waals surface area contributed by atoms with Crippen LogP contribution in [0.4, 0.5) is 13.2 Å². The molecule has 2 rings (SSSR count). The van der Waals surface area contributed by atoms with E-state index in [1.165, 1.54) is 18.2 Å². The number of aromatic nitrogens is 2. The van der Waals surface area contributed by atoms with E-state index in [9.17, 15) is 23.1 Å². The standard InChI is InChI=1S/C11H6F3IN2O2/c12-11(13,14)6-4-2-1-3-5(6)8-16-9(18)7(15)10(19)17-8/h1-4H,(H2,16,17,18,19). The van der Waals surface area contributed by atoms with E-state index in [-0.39, 0.29) is 15.0 Å². The van der Waals surface area contributed by atoms with Crippen LogP contribution in [0.1, 0.15) is 5.56 Å². The zero-order valence-corrected chi connectivity index (χ0v) is 11.3. The van der Waals surface area contributed by atoms with E-state index < -0.39 is 23.2 Å². The molecular weight excluding hydrogens is 376 g/mol. The number of H-pyrrole nitrogens is 1. The van der Waals surface area contributed by atoms with Crippen molar-refractivity contribution in [3.8, 4) is 17.3 Å². The molecule has 0 atom stereocenters. The molecule has 0 bridgehead atoms. The quantitative estimate of drug-likeness (QED) is 0.746. The maximum atomic E-state index is 12.8. The highest BCUT2D eigenvalue weighted by molar-refractivity contribution is 14.1. The third-order valence-electron chi connectivity index (χ3n) is 2.33. The van der Waals surface area contributed by atoms with Crippen LogP contribution in [0, 0.1) is 3.57 Å². The van der Waals surface area contributed by atoms with Crippen LogP contribution in [0.3, 0.4) is 0 Å². The fraction of sp³-hybridized carbons (Fsp3) is 0.0909. The van der Waals surface area contributed by atoms with Gasteiger partial charge in [-0.05, 0) is 28.7 Å². The molecule has 1 aromatic heterocycles. The summed E-state index contributed by atoms with van der Waals surface area (Å²) in [6.07, 6.45) is -4.58. The summed E-state index contributed by atoms with van der Waals surface area (Å²) in [4.78, 5) is 17.2. The Labute approximate surface area is 118 Å². The normalized spacial score (nSPS) is 11.6. The van der Waals surface area contributed by atoms with Gasteiger partial charge in [-0.15, -0.1) is 0 Å². The molecule has 2 N–H and O–H groups in total. The molecule has 0 aliphatic heterocycles. The summed E-state index contributed by atoms with van der Waals surface area (Å²) in [5.74, 6) is -0.924. The lowest BCUT2D eigenvalue weighted by atomic mass is 10.1. The van der Waals surface area contributed by atoms with Crippen molar-refractivity contribution in [1.82, 2.24) is 9.97 Å². The number of aromatic hydroxyl groups is 1. The van der Waals surface area contributed by atoms with Crippen LogP contribution in [0.5, 0.6) is 5.88 Å². The maximum Gasteiger partial charge on any atom is 0.417 e. The molecule has 0 aliphatic carbocycles. The Hall–Kier alpha value is -1.58. The van der Waals surface area contributed by atoms with Crippen molar-refractivity contribution in [1.29, 1.82) is 0 Å². The third kappa shape index (κ3) is 2.72. The minimum atomic E-state index is -4.58. The Kier molecular flexibility index (Phi) is 3.52. The molecule has 4 nitrogen and oxygen atoms in total. The van der Waals surface area contributed by atoms with Gasteiger partial charge in [0.2, 0.25) is 5.88 Å². The highest BCUT2D eigenvalue weighted by atomic mass is 127. The Morgan fingerprint density at radius 1 is 1.26 bits per heavy atom. The predicted octanol–water partition coefficient (Wildman–Crippen LogP) is 2.77. The second-order valence-corrected chi connectivity index (χ2v) is 4.67. The number of hydrogen-bond acceptors (Lipinski definition) is 3. The average molecular weight is 382 g/mol. The summed E-state index contributed by atoms with van der Waals surface area (Å²) in [5.41, 5.74) is -1.92. The number of rotatable bonds is 1.